The first kappa shape index (κ1) is 11.1. The molecular weight excluding hydrogens is 200 g/mol. The molecule has 3 N–H and O–H groups in total. The number of nitrogens with two attached hydrogens (primary N) is 1. The van der Waals surface area contributed by atoms with Gasteiger partial charge in [0.15, 0.2) is 0 Å². The molecule has 1 aromatic rings. The summed E-state index contributed by atoms with van der Waals surface area (Å²) in [5.41, 5.74) is 6.15. The molecule has 0 aliphatic rings. The van der Waals surface area contributed by atoms with Crippen LogP contribution in [0.1, 0.15) is 29.2 Å². The number of amides is 1. The molecule has 0 aliphatic carbocycles. The molecule has 0 radical (unpaired) electrons. The predicted molar refractivity (Wildman–Crippen MR) is 55.3 cm³/mol. The van der Waals surface area contributed by atoms with Crippen LogP contribution in [0.15, 0.2) is 0 Å². The summed E-state index contributed by atoms with van der Waals surface area (Å²) in [6.45, 7) is 4.23. The van der Waals surface area contributed by atoms with E-state index in [1.807, 2.05) is 13.8 Å². The van der Waals surface area contributed by atoms with E-state index in [1.165, 1.54) is 0 Å². The predicted octanol–water partition coefficient (Wildman–Crippen LogP) is 0.178. The van der Waals surface area contributed by atoms with Crippen molar-refractivity contribution in [2.24, 2.45) is 5.73 Å². The Kier molecular flexibility index (Phi) is 3.97. The number of hydrogen-bond donors (Lipinski definition) is 2. The molecule has 0 spiro atoms. The van der Waals surface area contributed by atoms with Gasteiger partial charge in [-0.1, -0.05) is 11.4 Å². The minimum absolute atomic E-state index is 0.0192. The van der Waals surface area contributed by atoms with Crippen molar-refractivity contribution in [2.75, 3.05) is 6.54 Å². The number of nitrogens with zero attached hydrogens (tertiary/aromatic N) is 2. The van der Waals surface area contributed by atoms with Crippen LogP contribution in [0, 0.1) is 0 Å². The maximum atomic E-state index is 11.6. The zero-order valence-electron chi connectivity index (χ0n) is 8.28. The van der Waals surface area contributed by atoms with E-state index < -0.39 is 0 Å². The molecule has 0 unspecified atom stereocenters. The average Bonchev–Trinajstić information content (AvgIpc) is 2.65. The third-order valence-electron chi connectivity index (χ3n) is 1.83. The zero-order chi connectivity index (χ0) is 10.6. The van der Waals surface area contributed by atoms with Crippen molar-refractivity contribution in [3.05, 3.63) is 10.6 Å². The molecule has 1 amide bonds. The number of carbonyl (C=O) groups is 1. The summed E-state index contributed by atoms with van der Waals surface area (Å²) in [5.74, 6) is -0.130. The van der Waals surface area contributed by atoms with Gasteiger partial charge in [-0.15, -0.1) is 5.10 Å². The highest BCUT2D eigenvalue weighted by molar-refractivity contribution is 7.08. The highest BCUT2D eigenvalue weighted by Gasteiger charge is 2.15. The molecular formula is C8H14N4OS. The first-order chi connectivity index (χ1) is 6.69. The Hall–Kier alpha value is -1.01. The molecule has 1 heterocycles. The molecule has 0 aliphatic heterocycles. The van der Waals surface area contributed by atoms with E-state index in [0.29, 0.717) is 11.4 Å². The van der Waals surface area contributed by atoms with Crippen LogP contribution in [0.3, 0.4) is 0 Å². The van der Waals surface area contributed by atoms with Crippen LogP contribution in [-0.4, -0.2) is 28.1 Å². The Morgan fingerprint density at radius 2 is 2.43 bits per heavy atom. The molecule has 14 heavy (non-hydrogen) atoms. The fourth-order valence-electron chi connectivity index (χ4n) is 0.961. The van der Waals surface area contributed by atoms with Crippen molar-refractivity contribution in [2.45, 2.75) is 26.3 Å². The van der Waals surface area contributed by atoms with Gasteiger partial charge in [-0.25, -0.2) is 0 Å². The first-order valence-corrected chi connectivity index (χ1v) is 5.28. The smallest absolute Gasteiger partial charge is 0.265 e. The van der Waals surface area contributed by atoms with Crippen molar-refractivity contribution in [1.82, 2.24) is 14.9 Å². The van der Waals surface area contributed by atoms with Crippen LogP contribution in [0.5, 0.6) is 0 Å². The summed E-state index contributed by atoms with van der Waals surface area (Å²) >= 11 is 1.12. The van der Waals surface area contributed by atoms with Gasteiger partial charge in [-0.2, -0.15) is 0 Å². The third kappa shape index (κ3) is 2.49. The average molecular weight is 214 g/mol. The molecule has 5 nitrogen and oxygen atoms in total. The Bertz CT molecular complexity index is 312. The fraction of sp³-hybridized carbons (Fsp3) is 0.625. The standard InChI is InChI=1S/C8H14N4OS/c1-3-6-7(14-12-11-6)8(13)10-5(2)4-9/h5H,3-4,9H2,1-2H3,(H,10,13)/t5-/m0/s1. The number of carbonyl (C=O) groups excluding carboxylic acids is 1. The quantitative estimate of drug-likeness (QED) is 0.749. The van der Waals surface area contributed by atoms with Gasteiger partial charge in [0.1, 0.15) is 4.88 Å². The largest absolute Gasteiger partial charge is 0.348 e. The van der Waals surface area contributed by atoms with E-state index in [-0.39, 0.29) is 11.9 Å². The second-order valence-corrected chi connectivity index (χ2v) is 3.77. The lowest BCUT2D eigenvalue weighted by Gasteiger charge is -2.09. The van der Waals surface area contributed by atoms with E-state index in [9.17, 15) is 4.79 Å². The van der Waals surface area contributed by atoms with E-state index >= 15 is 0 Å². The highest BCUT2D eigenvalue weighted by atomic mass is 32.1. The lowest BCUT2D eigenvalue weighted by molar-refractivity contribution is 0.0944. The van der Waals surface area contributed by atoms with Crippen molar-refractivity contribution >= 4 is 17.4 Å². The van der Waals surface area contributed by atoms with Crippen LogP contribution in [0.4, 0.5) is 0 Å². The van der Waals surface area contributed by atoms with Gasteiger partial charge < -0.3 is 11.1 Å². The first-order valence-electron chi connectivity index (χ1n) is 4.51. The Morgan fingerprint density at radius 1 is 1.71 bits per heavy atom. The van der Waals surface area contributed by atoms with E-state index in [0.717, 1.165) is 23.6 Å². The summed E-state index contributed by atoms with van der Waals surface area (Å²) in [6, 6.07) is -0.0192. The van der Waals surface area contributed by atoms with Crippen LogP contribution >= 0.6 is 11.5 Å². The highest BCUT2D eigenvalue weighted by Crippen LogP contribution is 2.10. The maximum absolute atomic E-state index is 11.6. The van der Waals surface area contributed by atoms with Gasteiger partial charge in [-0.05, 0) is 24.9 Å². The summed E-state index contributed by atoms with van der Waals surface area (Å²) in [5, 5.41) is 6.64. The molecule has 6 heteroatoms. The van der Waals surface area contributed by atoms with E-state index in [2.05, 4.69) is 14.9 Å². The van der Waals surface area contributed by atoms with Gasteiger partial charge >= 0.3 is 0 Å². The fourth-order valence-corrected chi connectivity index (χ4v) is 1.61. The minimum atomic E-state index is -0.130. The number of aromatic nitrogens is 2. The topological polar surface area (TPSA) is 80.9 Å². The number of nitrogens with one attached hydrogen (secondary N) is 1. The second kappa shape index (κ2) is 5.02. The Labute approximate surface area is 86.9 Å². The summed E-state index contributed by atoms with van der Waals surface area (Å²) in [7, 11) is 0. The molecule has 0 saturated carbocycles. The van der Waals surface area contributed by atoms with Gasteiger partial charge in [0, 0.05) is 12.6 Å². The SMILES string of the molecule is CCc1nnsc1C(=O)N[C@@H](C)CN. The number of hydrogen-bond acceptors (Lipinski definition) is 5. The van der Waals surface area contributed by atoms with Crippen molar-refractivity contribution in [3.8, 4) is 0 Å². The van der Waals surface area contributed by atoms with E-state index in [4.69, 9.17) is 5.73 Å². The van der Waals surface area contributed by atoms with Gasteiger partial charge in [0.05, 0.1) is 5.69 Å². The van der Waals surface area contributed by atoms with Gasteiger partial charge in [0.2, 0.25) is 0 Å². The molecule has 1 rings (SSSR count). The summed E-state index contributed by atoms with van der Waals surface area (Å²) in [4.78, 5) is 12.2. The summed E-state index contributed by atoms with van der Waals surface area (Å²) in [6.07, 6.45) is 0.719. The lowest BCUT2D eigenvalue weighted by atomic mass is 10.2. The minimum Gasteiger partial charge on any atom is -0.348 e. The van der Waals surface area contributed by atoms with Crippen molar-refractivity contribution < 1.29 is 4.79 Å². The normalized spacial score (nSPS) is 12.5. The van der Waals surface area contributed by atoms with Crippen LogP contribution in [0.2, 0.25) is 0 Å². The van der Waals surface area contributed by atoms with Gasteiger partial charge in [-0.3, -0.25) is 4.79 Å². The van der Waals surface area contributed by atoms with Crippen LogP contribution < -0.4 is 11.1 Å². The monoisotopic (exact) mass is 214 g/mol. The Balaban J connectivity index is 2.69. The Morgan fingerprint density at radius 3 is 3.00 bits per heavy atom. The molecule has 0 fully saturated rings. The van der Waals surface area contributed by atoms with Crippen LogP contribution in [0.25, 0.3) is 0 Å². The molecule has 0 aromatic carbocycles. The van der Waals surface area contributed by atoms with Gasteiger partial charge in [0.25, 0.3) is 5.91 Å². The lowest BCUT2D eigenvalue weighted by Crippen LogP contribution is -2.37. The summed E-state index contributed by atoms with van der Waals surface area (Å²) < 4.78 is 3.75. The molecule has 1 aromatic heterocycles. The van der Waals surface area contributed by atoms with Crippen LogP contribution in [-0.2, 0) is 6.42 Å². The molecule has 0 saturated heterocycles. The maximum Gasteiger partial charge on any atom is 0.265 e. The second-order valence-electron chi connectivity index (χ2n) is 3.01. The zero-order valence-corrected chi connectivity index (χ0v) is 9.10. The number of aryl methyl sites for hydroxylation is 1. The number of rotatable bonds is 4. The molecule has 0 bridgehead atoms. The third-order valence-corrected chi connectivity index (χ3v) is 2.59. The molecule has 1 atom stereocenters. The van der Waals surface area contributed by atoms with Crippen molar-refractivity contribution in [1.29, 1.82) is 0 Å². The molecule has 78 valence electrons. The van der Waals surface area contributed by atoms with Crippen molar-refractivity contribution in [3.63, 3.8) is 0 Å². The van der Waals surface area contributed by atoms with E-state index in [1.54, 1.807) is 0 Å².